The Labute approximate surface area is 274 Å². The molecule has 1 aliphatic carbocycles. The molecule has 1 aromatic carbocycles. The minimum atomic E-state index is -0.753. The highest BCUT2D eigenvalue weighted by Crippen LogP contribution is 2.60. The van der Waals surface area contributed by atoms with Gasteiger partial charge in [-0.05, 0) is 59.5 Å². The van der Waals surface area contributed by atoms with Crippen molar-refractivity contribution in [1.82, 2.24) is 29.6 Å². The van der Waals surface area contributed by atoms with Crippen LogP contribution in [0.1, 0.15) is 41.6 Å². The number of piperidine rings is 1. The number of likely N-dealkylation sites (tertiary alicyclic amines) is 1. The number of carbonyl (C=O) groups is 3. The van der Waals surface area contributed by atoms with Gasteiger partial charge in [-0.3, -0.25) is 19.1 Å². The van der Waals surface area contributed by atoms with Gasteiger partial charge in [-0.1, -0.05) is 18.2 Å². The summed E-state index contributed by atoms with van der Waals surface area (Å²) < 4.78 is 13.2. The van der Waals surface area contributed by atoms with Crippen LogP contribution in [0.4, 0.5) is 5.82 Å². The SMILES string of the molecule is C=CCOCC12CC1N(C(=O)Cn1nc(C(C)=O)c3cc(-c4cnc(C)nc4)ccc31)[C@H](C(=O)Nc1nc(Br)ccc1COC)C2. The number of hydrogen-bond donors (Lipinski definition) is 1. The Hall–Kier alpha value is -4.33. The van der Waals surface area contributed by atoms with Gasteiger partial charge in [-0.25, -0.2) is 15.0 Å². The number of Topliss-reactive ketones (excluding diaryl/α,β-unsaturated/α-hetero) is 1. The number of fused-ring (bicyclic) bond motifs is 2. The summed E-state index contributed by atoms with van der Waals surface area (Å²) in [6.45, 7) is 7.88. The van der Waals surface area contributed by atoms with Crippen molar-refractivity contribution in [3.63, 3.8) is 0 Å². The smallest absolute Gasteiger partial charge is 0.248 e. The van der Waals surface area contributed by atoms with Crippen molar-refractivity contribution in [2.24, 2.45) is 5.41 Å². The lowest BCUT2D eigenvalue weighted by atomic mass is 10.00. The fourth-order valence-electron chi connectivity index (χ4n) is 6.30. The zero-order valence-corrected chi connectivity index (χ0v) is 27.4. The molecule has 2 amide bonds. The molecule has 3 atom stereocenters. The number of ketones is 1. The number of benzene rings is 1. The number of nitrogens with one attached hydrogen (secondary N) is 1. The molecule has 1 saturated carbocycles. The van der Waals surface area contributed by atoms with Crippen LogP contribution in [-0.2, 0) is 32.2 Å². The van der Waals surface area contributed by atoms with Gasteiger partial charge >= 0.3 is 0 Å². The minimum Gasteiger partial charge on any atom is -0.380 e. The molecule has 2 aliphatic rings. The lowest BCUT2D eigenvalue weighted by Gasteiger charge is -2.27. The van der Waals surface area contributed by atoms with Crippen LogP contribution in [0.2, 0.25) is 0 Å². The molecule has 6 rings (SSSR count). The van der Waals surface area contributed by atoms with E-state index in [1.807, 2.05) is 31.2 Å². The fraction of sp³-hybridized carbons (Fsp3) is 0.364. The number of nitrogens with zero attached hydrogens (tertiary/aromatic N) is 6. The Kier molecular flexibility index (Phi) is 8.82. The Morgan fingerprint density at radius 3 is 2.65 bits per heavy atom. The number of methoxy groups -OCH3 is 1. The molecule has 12 nitrogen and oxygen atoms in total. The van der Waals surface area contributed by atoms with Crippen LogP contribution < -0.4 is 5.32 Å². The van der Waals surface area contributed by atoms with Gasteiger partial charge < -0.3 is 19.7 Å². The van der Waals surface area contributed by atoms with E-state index < -0.39 is 6.04 Å². The Morgan fingerprint density at radius 1 is 1.15 bits per heavy atom. The highest BCUT2D eigenvalue weighted by atomic mass is 79.9. The van der Waals surface area contributed by atoms with Gasteiger partial charge in [0.25, 0.3) is 0 Å². The van der Waals surface area contributed by atoms with Crippen LogP contribution in [0.5, 0.6) is 0 Å². The monoisotopic (exact) mass is 687 g/mol. The Balaban J connectivity index is 1.30. The second kappa shape index (κ2) is 12.8. The van der Waals surface area contributed by atoms with E-state index in [9.17, 15) is 14.4 Å². The molecule has 4 heterocycles. The largest absolute Gasteiger partial charge is 0.380 e. The number of aromatic nitrogens is 5. The van der Waals surface area contributed by atoms with Gasteiger partial charge in [0.05, 0.1) is 25.3 Å². The number of hydrogen-bond acceptors (Lipinski definition) is 9. The number of rotatable bonds is 12. The fourth-order valence-corrected chi connectivity index (χ4v) is 6.61. The molecule has 1 aliphatic heterocycles. The number of pyridine rings is 1. The molecular weight excluding hydrogens is 654 g/mol. The molecule has 4 aromatic rings. The normalized spacial score (nSPS) is 20.0. The van der Waals surface area contributed by atoms with Gasteiger partial charge in [0.2, 0.25) is 11.8 Å². The van der Waals surface area contributed by atoms with Crippen molar-refractivity contribution in [2.45, 2.75) is 51.9 Å². The standard InChI is InChI=1S/C33H34BrN7O5/c1-5-10-46-18-33-12-26(32(44)38-31-22(17-45-4)7-9-28(34)37-31)41(27(33)13-33)29(43)16-40-25-8-6-21(23-14-35-20(3)36-15-23)11-24(25)30(39-40)19(2)42/h5-9,11,14-15,26-27H,1,10,12-13,16-18H2,2-4H3,(H,37,38,44)/t26-,27?,33?/m0/s1. The molecule has 1 saturated heterocycles. The number of halogens is 1. The Bertz CT molecular complexity index is 1840. The summed E-state index contributed by atoms with van der Waals surface area (Å²) in [5.41, 5.74) is 2.90. The third-order valence-electron chi connectivity index (χ3n) is 8.60. The number of anilines is 1. The minimum absolute atomic E-state index is 0.148. The van der Waals surface area contributed by atoms with Crippen molar-refractivity contribution in [1.29, 1.82) is 0 Å². The molecule has 13 heteroatoms. The van der Waals surface area contributed by atoms with E-state index in [4.69, 9.17) is 9.47 Å². The van der Waals surface area contributed by atoms with Crippen molar-refractivity contribution in [3.05, 3.63) is 77.1 Å². The van der Waals surface area contributed by atoms with Crippen LogP contribution >= 0.6 is 15.9 Å². The highest BCUT2D eigenvalue weighted by Gasteiger charge is 2.67. The van der Waals surface area contributed by atoms with E-state index in [1.165, 1.54) is 6.92 Å². The zero-order chi connectivity index (χ0) is 32.6. The van der Waals surface area contributed by atoms with Crippen LogP contribution in [0, 0.1) is 12.3 Å². The third-order valence-corrected chi connectivity index (χ3v) is 9.05. The second-order valence-electron chi connectivity index (χ2n) is 11.8. The maximum Gasteiger partial charge on any atom is 0.248 e. The summed E-state index contributed by atoms with van der Waals surface area (Å²) >= 11 is 3.37. The van der Waals surface area contributed by atoms with Crippen molar-refractivity contribution < 1.29 is 23.9 Å². The molecular formula is C33H34BrN7O5. The summed E-state index contributed by atoms with van der Waals surface area (Å²) in [5.74, 6) is 0.185. The van der Waals surface area contributed by atoms with E-state index in [0.717, 1.165) is 17.5 Å². The summed E-state index contributed by atoms with van der Waals surface area (Å²) in [6.07, 6.45) is 6.31. The molecule has 0 spiro atoms. The quantitative estimate of drug-likeness (QED) is 0.0986. The van der Waals surface area contributed by atoms with Crippen LogP contribution in [0.25, 0.3) is 22.0 Å². The van der Waals surface area contributed by atoms with Gasteiger partial charge in [-0.2, -0.15) is 5.10 Å². The topological polar surface area (TPSA) is 141 Å². The van der Waals surface area contributed by atoms with E-state index in [0.29, 0.717) is 52.3 Å². The molecule has 238 valence electrons. The zero-order valence-electron chi connectivity index (χ0n) is 25.8. The third kappa shape index (κ3) is 6.09. The first-order valence-corrected chi connectivity index (χ1v) is 15.7. The van der Waals surface area contributed by atoms with Crippen molar-refractivity contribution >= 4 is 50.2 Å². The van der Waals surface area contributed by atoms with Crippen LogP contribution in [0.15, 0.2) is 60.0 Å². The molecule has 1 N–H and O–H groups in total. The molecule has 46 heavy (non-hydrogen) atoms. The van der Waals surface area contributed by atoms with Gasteiger partial charge in [0, 0.05) is 54.4 Å². The van der Waals surface area contributed by atoms with Gasteiger partial charge in [-0.15, -0.1) is 6.58 Å². The molecule has 2 unspecified atom stereocenters. The number of carbonyl (C=O) groups excluding carboxylic acids is 3. The predicted octanol–water partition coefficient (Wildman–Crippen LogP) is 4.51. The van der Waals surface area contributed by atoms with Crippen LogP contribution in [-0.4, -0.2) is 79.6 Å². The maximum absolute atomic E-state index is 14.1. The average Bonchev–Trinajstić information content (AvgIpc) is 3.44. The van der Waals surface area contributed by atoms with Crippen molar-refractivity contribution in [2.75, 3.05) is 25.6 Å². The Morgan fingerprint density at radius 2 is 1.93 bits per heavy atom. The van der Waals surface area contributed by atoms with E-state index in [2.05, 4.69) is 47.9 Å². The van der Waals surface area contributed by atoms with Crippen molar-refractivity contribution in [3.8, 4) is 11.1 Å². The summed E-state index contributed by atoms with van der Waals surface area (Å²) in [6, 6.07) is 8.27. The predicted molar refractivity (Wildman–Crippen MR) is 174 cm³/mol. The first-order valence-electron chi connectivity index (χ1n) is 14.9. The average molecular weight is 689 g/mol. The number of amides is 2. The highest BCUT2D eigenvalue weighted by molar-refractivity contribution is 9.10. The van der Waals surface area contributed by atoms with E-state index in [-0.39, 0.29) is 47.9 Å². The summed E-state index contributed by atoms with van der Waals surface area (Å²) in [5, 5.41) is 8.13. The molecule has 0 radical (unpaired) electrons. The maximum atomic E-state index is 14.1. The number of aryl methyl sites for hydroxylation is 1. The van der Waals surface area contributed by atoms with Gasteiger partial charge in [0.15, 0.2) is 5.78 Å². The van der Waals surface area contributed by atoms with Crippen LogP contribution in [0.3, 0.4) is 0 Å². The van der Waals surface area contributed by atoms with Gasteiger partial charge in [0.1, 0.15) is 34.5 Å². The molecule has 3 aromatic heterocycles. The van der Waals surface area contributed by atoms with E-state index in [1.54, 1.807) is 41.2 Å². The molecule has 0 bridgehead atoms. The lowest BCUT2D eigenvalue weighted by Crippen LogP contribution is -2.47. The summed E-state index contributed by atoms with van der Waals surface area (Å²) in [4.78, 5) is 55.3. The van der Waals surface area contributed by atoms with E-state index >= 15 is 0 Å². The number of ether oxygens (including phenoxy) is 2. The first-order chi connectivity index (χ1) is 22.1. The lowest BCUT2D eigenvalue weighted by molar-refractivity contribution is -0.138. The summed E-state index contributed by atoms with van der Waals surface area (Å²) in [7, 11) is 1.57. The first kappa shape index (κ1) is 31.6. The molecule has 2 fully saturated rings. The second-order valence-corrected chi connectivity index (χ2v) is 12.6.